The van der Waals surface area contributed by atoms with Gasteiger partial charge in [-0.15, -0.1) is 11.6 Å². The number of imidazole rings is 1. The first-order valence-corrected chi connectivity index (χ1v) is 7.50. The average Bonchev–Trinajstić information content (AvgIpc) is 3.11. The van der Waals surface area contributed by atoms with E-state index < -0.39 is 0 Å². The average molecular weight is 295 g/mol. The first-order valence-electron chi connectivity index (χ1n) is 6.97. The smallest absolute Gasteiger partial charge is 0.163 e. The topological polar surface area (TPSA) is 36.3 Å². The summed E-state index contributed by atoms with van der Waals surface area (Å²) in [6, 6.07) is 4.44. The Hall–Kier alpha value is -1.42. The second-order valence-electron chi connectivity index (χ2n) is 5.17. The Morgan fingerprint density at radius 3 is 2.45 bits per heavy atom. The van der Waals surface area contributed by atoms with E-state index in [1.54, 1.807) is 14.2 Å². The van der Waals surface area contributed by atoms with Gasteiger partial charge < -0.3 is 14.0 Å². The molecule has 0 aliphatic heterocycles. The van der Waals surface area contributed by atoms with E-state index in [1.165, 1.54) is 25.7 Å². The monoisotopic (exact) mass is 294 g/mol. The van der Waals surface area contributed by atoms with Crippen molar-refractivity contribution in [2.75, 3.05) is 14.2 Å². The number of rotatable bonds is 4. The van der Waals surface area contributed by atoms with Crippen LogP contribution < -0.4 is 9.47 Å². The lowest BCUT2D eigenvalue weighted by Gasteiger charge is -2.16. The fraction of sp³-hybridized carbons (Fsp3) is 0.533. The fourth-order valence-electron chi connectivity index (χ4n) is 3.14. The number of ether oxygens (including phenoxy) is 2. The van der Waals surface area contributed by atoms with Crippen molar-refractivity contribution in [3.05, 3.63) is 18.0 Å². The van der Waals surface area contributed by atoms with Crippen LogP contribution in [0.25, 0.3) is 11.0 Å². The van der Waals surface area contributed by atoms with Crippen molar-refractivity contribution in [1.29, 1.82) is 0 Å². The van der Waals surface area contributed by atoms with Gasteiger partial charge in [-0.2, -0.15) is 0 Å². The van der Waals surface area contributed by atoms with Crippen molar-refractivity contribution < 1.29 is 9.47 Å². The minimum absolute atomic E-state index is 0.426. The lowest BCUT2D eigenvalue weighted by atomic mass is 10.2. The van der Waals surface area contributed by atoms with Gasteiger partial charge >= 0.3 is 0 Å². The van der Waals surface area contributed by atoms with E-state index >= 15 is 0 Å². The molecule has 0 unspecified atom stereocenters. The third kappa shape index (κ3) is 2.12. The summed E-state index contributed by atoms with van der Waals surface area (Å²) in [5.41, 5.74) is 2.01. The number of aromatic nitrogens is 2. The summed E-state index contributed by atoms with van der Waals surface area (Å²) >= 11 is 6.08. The molecule has 3 rings (SSSR count). The minimum atomic E-state index is 0.426. The molecule has 0 amide bonds. The molecule has 20 heavy (non-hydrogen) atoms. The van der Waals surface area contributed by atoms with Crippen LogP contribution in [0.3, 0.4) is 0 Å². The molecule has 0 bridgehead atoms. The zero-order chi connectivity index (χ0) is 14.1. The Labute approximate surface area is 123 Å². The molecule has 1 saturated carbocycles. The van der Waals surface area contributed by atoms with E-state index in [-0.39, 0.29) is 0 Å². The molecule has 4 nitrogen and oxygen atoms in total. The van der Waals surface area contributed by atoms with Crippen LogP contribution in [-0.4, -0.2) is 23.8 Å². The van der Waals surface area contributed by atoms with Crippen LogP contribution in [-0.2, 0) is 5.88 Å². The maximum absolute atomic E-state index is 6.08. The number of methoxy groups -OCH3 is 2. The normalized spacial score (nSPS) is 15.9. The summed E-state index contributed by atoms with van der Waals surface area (Å²) in [4.78, 5) is 4.66. The summed E-state index contributed by atoms with van der Waals surface area (Å²) in [7, 11) is 3.29. The molecule has 0 N–H and O–H groups in total. The summed E-state index contributed by atoms with van der Waals surface area (Å²) in [6.07, 6.45) is 4.95. The standard InChI is InChI=1S/C15H19ClN2O2/c1-19-13-7-11-12(8-14(13)20-2)18(15(9-16)17-11)10-5-3-4-6-10/h7-8,10H,3-6,9H2,1-2H3. The Kier molecular flexibility index (Phi) is 3.74. The van der Waals surface area contributed by atoms with Crippen LogP contribution in [0.15, 0.2) is 12.1 Å². The van der Waals surface area contributed by atoms with Crippen molar-refractivity contribution in [3.8, 4) is 11.5 Å². The molecule has 1 fully saturated rings. The molecule has 1 heterocycles. The molecule has 5 heteroatoms. The minimum Gasteiger partial charge on any atom is -0.493 e. The Morgan fingerprint density at radius 2 is 1.85 bits per heavy atom. The maximum atomic E-state index is 6.08. The largest absolute Gasteiger partial charge is 0.493 e. The predicted octanol–water partition coefficient (Wildman–Crippen LogP) is 3.91. The number of alkyl halides is 1. The summed E-state index contributed by atoms with van der Waals surface area (Å²) in [6.45, 7) is 0. The number of halogens is 1. The number of nitrogens with zero attached hydrogens (tertiary/aromatic N) is 2. The molecule has 1 aliphatic rings. The highest BCUT2D eigenvalue weighted by Gasteiger charge is 2.23. The summed E-state index contributed by atoms with van der Waals surface area (Å²) in [5.74, 6) is 2.80. The second kappa shape index (κ2) is 5.52. The molecule has 2 aromatic rings. The van der Waals surface area contributed by atoms with Crippen LogP contribution in [0.5, 0.6) is 11.5 Å². The van der Waals surface area contributed by atoms with Crippen LogP contribution in [0, 0.1) is 0 Å². The van der Waals surface area contributed by atoms with Gasteiger partial charge in [-0.25, -0.2) is 4.98 Å². The van der Waals surface area contributed by atoms with Crippen molar-refractivity contribution in [2.45, 2.75) is 37.6 Å². The highest BCUT2D eigenvalue weighted by molar-refractivity contribution is 6.16. The zero-order valence-corrected chi connectivity index (χ0v) is 12.6. The molecule has 0 spiro atoms. The van der Waals surface area contributed by atoms with Gasteiger partial charge in [0.2, 0.25) is 0 Å². The van der Waals surface area contributed by atoms with Crippen LogP contribution >= 0.6 is 11.6 Å². The first kappa shape index (κ1) is 13.6. The molecule has 1 aliphatic carbocycles. The van der Waals surface area contributed by atoms with E-state index in [0.29, 0.717) is 17.7 Å². The van der Waals surface area contributed by atoms with E-state index in [4.69, 9.17) is 21.1 Å². The first-order chi connectivity index (χ1) is 9.78. The fourth-order valence-corrected chi connectivity index (χ4v) is 3.32. The Bertz CT molecular complexity index is 618. The van der Waals surface area contributed by atoms with Gasteiger partial charge in [-0.3, -0.25) is 0 Å². The molecule has 1 aromatic carbocycles. The summed E-state index contributed by atoms with van der Waals surface area (Å²) < 4.78 is 13.0. The molecular formula is C15H19ClN2O2. The third-order valence-corrected chi connectivity index (χ3v) is 4.32. The lowest BCUT2D eigenvalue weighted by molar-refractivity contribution is 0.355. The number of hydrogen-bond donors (Lipinski definition) is 0. The van der Waals surface area contributed by atoms with Gasteiger partial charge in [0.25, 0.3) is 0 Å². The van der Waals surface area contributed by atoms with Crippen LogP contribution in [0.4, 0.5) is 0 Å². The van der Waals surface area contributed by atoms with Crippen LogP contribution in [0.1, 0.15) is 37.5 Å². The van der Waals surface area contributed by atoms with Crippen molar-refractivity contribution >= 4 is 22.6 Å². The quantitative estimate of drug-likeness (QED) is 0.802. The lowest BCUT2D eigenvalue weighted by Crippen LogP contribution is -2.08. The Balaban J connectivity index is 2.20. The summed E-state index contributed by atoms with van der Waals surface area (Å²) in [5, 5.41) is 0. The molecule has 0 atom stereocenters. The predicted molar refractivity (Wildman–Crippen MR) is 79.9 cm³/mol. The van der Waals surface area contributed by atoms with E-state index in [9.17, 15) is 0 Å². The molecule has 1 aromatic heterocycles. The van der Waals surface area contributed by atoms with E-state index in [0.717, 1.165) is 22.6 Å². The Morgan fingerprint density at radius 1 is 1.20 bits per heavy atom. The van der Waals surface area contributed by atoms with Crippen molar-refractivity contribution in [2.24, 2.45) is 0 Å². The van der Waals surface area contributed by atoms with Crippen molar-refractivity contribution in [3.63, 3.8) is 0 Å². The second-order valence-corrected chi connectivity index (χ2v) is 5.43. The van der Waals surface area contributed by atoms with E-state index in [2.05, 4.69) is 9.55 Å². The van der Waals surface area contributed by atoms with Gasteiger partial charge in [0.1, 0.15) is 5.82 Å². The SMILES string of the molecule is COc1cc2nc(CCl)n(C3CCCC3)c2cc1OC. The van der Waals surface area contributed by atoms with Crippen molar-refractivity contribution in [1.82, 2.24) is 9.55 Å². The van der Waals surface area contributed by atoms with E-state index in [1.807, 2.05) is 12.1 Å². The number of hydrogen-bond acceptors (Lipinski definition) is 3. The molecule has 108 valence electrons. The highest BCUT2D eigenvalue weighted by Crippen LogP contribution is 2.38. The zero-order valence-electron chi connectivity index (χ0n) is 11.9. The van der Waals surface area contributed by atoms with Crippen LogP contribution in [0.2, 0.25) is 0 Å². The molecule has 0 saturated heterocycles. The molecular weight excluding hydrogens is 276 g/mol. The van der Waals surface area contributed by atoms with Gasteiger partial charge in [0, 0.05) is 18.2 Å². The number of benzene rings is 1. The maximum Gasteiger partial charge on any atom is 0.163 e. The molecule has 0 radical (unpaired) electrons. The van der Waals surface area contributed by atoms with Gasteiger partial charge in [-0.05, 0) is 12.8 Å². The third-order valence-electron chi connectivity index (χ3n) is 4.08. The van der Waals surface area contributed by atoms with Gasteiger partial charge in [0.15, 0.2) is 11.5 Å². The van der Waals surface area contributed by atoms with Gasteiger partial charge in [-0.1, -0.05) is 12.8 Å². The highest BCUT2D eigenvalue weighted by atomic mass is 35.5. The van der Waals surface area contributed by atoms with Gasteiger partial charge in [0.05, 0.1) is 31.1 Å². The number of fused-ring (bicyclic) bond motifs is 1.